The van der Waals surface area contributed by atoms with Crippen LogP contribution in [-0.2, 0) is 10.0 Å². The van der Waals surface area contributed by atoms with Crippen LogP contribution in [0.25, 0.3) is 11.0 Å². The molecule has 0 bridgehead atoms. The highest BCUT2D eigenvalue weighted by Crippen LogP contribution is 2.28. The van der Waals surface area contributed by atoms with Gasteiger partial charge in [0.05, 0.1) is 5.02 Å². The van der Waals surface area contributed by atoms with Crippen LogP contribution in [0.2, 0.25) is 5.02 Å². The lowest BCUT2D eigenvalue weighted by atomic mass is 10.3. The van der Waals surface area contributed by atoms with Crippen molar-refractivity contribution in [2.75, 3.05) is 13.1 Å². The first-order valence-corrected chi connectivity index (χ1v) is 7.25. The molecule has 0 N–H and O–H groups in total. The first-order chi connectivity index (χ1) is 8.52. The van der Waals surface area contributed by atoms with E-state index in [9.17, 15) is 8.42 Å². The standard InChI is InChI=1S/C10H12ClN3O3S/c1-3-14(4-2)18(15,16)8-6-5-7(11)9-10(8)13-17-12-9/h5-6H,3-4H2,1-2H3. The Morgan fingerprint density at radius 1 is 1.22 bits per heavy atom. The van der Waals surface area contributed by atoms with E-state index < -0.39 is 10.0 Å². The monoisotopic (exact) mass is 289 g/mol. The average Bonchev–Trinajstić information content (AvgIpc) is 2.80. The SMILES string of the molecule is CCN(CC)S(=O)(=O)c1ccc(Cl)c2nonc12. The van der Waals surface area contributed by atoms with Crippen LogP contribution in [0.3, 0.4) is 0 Å². The molecule has 0 atom stereocenters. The van der Waals surface area contributed by atoms with Crippen molar-refractivity contribution in [1.29, 1.82) is 0 Å². The maximum Gasteiger partial charge on any atom is 0.245 e. The van der Waals surface area contributed by atoms with E-state index in [0.717, 1.165) is 0 Å². The summed E-state index contributed by atoms with van der Waals surface area (Å²) >= 11 is 5.90. The molecule has 1 aromatic heterocycles. The van der Waals surface area contributed by atoms with E-state index in [2.05, 4.69) is 14.9 Å². The normalized spacial score (nSPS) is 12.4. The molecule has 1 aromatic carbocycles. The first-order valence-electron chi connectivity index (χ1n) is 5.43. The quantitative estimate of drug-likeness (QED) is 0.859. The van der Waals surface area contributed by atoms with Crippen LogP contribution >= 0.6 is 11.6 Å². The predicted molar refractivity (Wildman–Crippen MR) is 66.9 cm³/mol. The number of fused-ring (bicyclic) bond motifs is 1. The fourth-order valence-electron chi connectivity index (χ4n) is 1.72. The van der Waals surface area contributed by atoms with Gasteiger partial charge in [0.25, 0.3) is 0 Å². The number of benzene rings is 1. The summed E-state index contributed by atoms with van der Waals surface area (Å²) in [5.41, 5.74) is 0.416. The van der Waals surface area contributed by atoms with E-state index in [1.165, 1.54) is 16.4 Å². The number of aromatic nitrogens is 2. The molecular weight excluding hydrogens is 278 g/mol. The molecule has 0 aliphatic heterocycles. The van der Waals surface area contributed by atoms with Gasteiger partial charge in [-0.05, 0) is 22.4 Å². The maximum absolute atomic E-state index is 12.4. The Morgan fingerprint density at radius 2 is 1.83 bits per heavy atom. The molecule has 2 aromatic rings. The van der Waals surface area contributed by atoms with E-state index in [4.69, 9.17) is 11.6 Å². The Hall–Kier alpha value is -1.18. The number of rotatable bonds is 4. The van der Waals surface area contributed by atoms with Crippen molar-refractivity contribution in [2.45, 2.75) is 18.7 Å². The van der Waals surface area contributed by atoms with Gasteiger partial charge in [-0.3, -0.25) is 0 Å². The van der Waals surface area contributed by atoms with Crippen molar-refractivity contribution < 1.29 is 13.0 Å². The highest BCUT2D eigenvalue weighted by molar-refractivity contribution is 7.89. The van der Waals surface area contributed by atoms with Crippen molar-refractivity contribution in [3.05, 3.63) is 17.2 Å². The van der Waals surface area contributed by atoms with Crippen LogP contribution in [-0.4, -0.2) is 36.1 Å². The second kappa shape index (κ2) is 4.83. The molecule has 0 saturated heterocycles. The zero-order chi connectivity index (χ0) is 13.3. The molecule has 0 aliphatic rings. The number of sulfonamides is 1. The van der Waals surface area contributed by atoms with Crippen LogP contribution in [0.1, 0.15) is 13.8 Å². The average molecular weight is 290 g/mol. The van der Waals surface area contributed by atoms with E-state index in [0.29, 0.717) is 18.1 Å². The van der Waals surface area contributed by atoms with Gasteiger partial charge in [-0.2, -0.15) is 4.31 Å². The Bertz CT molecular complexity index is 664. The summed E-state index contributed by atoms with van der Waals surface area (Å²) in [5, 5.41) is 7.53. The van der Waals surface area contributed by atoms with Crippen molar-refractivity contribution >= 4 is 32.7 Å². The fourth-order valence-corrected chi connectivity index (χ4v) is 3.49. The minimum Gasteiger partial charge on any atom is -0.243 e. The Kier molecular flexibility index (Phi) is 3.56. The third-order valence-corrected chi connectivity index (χ3v) is 5.04. The lowest BCUT2D eigenvalue weighted by molar-refractivity contribution is 0.315. The molecule has 18 heavy (non-hydrogen) atoms. The minimum atomic E-state index is -3.60. The summed E-state index contributed by atoms with van der Waals surface area (Å²) < 4.78 is 30.7. The van der Waals surface area contributed by atoms with Crippen LogP contribution < -0.4 is 0 Å². The number of hydrogen-bond donors (Lipinski definition) is 0. The predicted octanol–water partition coefficient (Wildman–Crippen LogP) is 1.91. The summed E-state index contributed by atoms with van der Waals surface area (Å²) in [5.74, 6) is 0. The summed E-state index contributed by atoms with van der Waals surface area (Å²) in [7, 11) is -3.60. The van der Waals surface area contributed by atoms with Crippen molar-refractivity contribution in [3.63, 3.8) is 0 Å². The summed E-state index contributed by atoms with van der Waals surface area (Å²) in [6.07, 6.45) is 0. The van der Waals surface area contributed by atoms with Gasteiger partial charge in [0.1, 0.15) is 4.90 Å². The lowest BCUT2D eigenvalue weighted by Gasteiger charge is -2.18. The van der Waals surface area contributed by atoms with E-state index in [1.807, 2.05) is 0 Å². The third kappa shape index (κ3) is 1.98. The molecule has 0 saturated carbocycles. The number of hydrogen-bond acceptors (Lipinski definition) is 5. The topological polar surface area (TPSA) is 76.3 Å². The largest absolute Gasteiger partial charge is 0.245 e. The molecule has 0 aliphatic carbocycles. The molecular formula is C10H12ClN3O3S. The highest BCUT2D eigenvalue weighted by Gasteiger charge is 2.26. The summed E-state index contributed by atoms with van der Waals surface area (Å²) in [6.45, 7) is 4.31. The molecule has 0 spiro atoms. The molecule has 98 valence electrons. The fraction of sp³-hybridized carbons (Fsp3) is 0.400. The van der Waals surface area contributed by atoms with Gasteiger partial charge in [-0.15, -0.1) is 0 Å². The zero-order valence-corrected chi connectivity index (χ0v) is 11.5. The molecule has 0 fully saturated rings. The van der Waals surface area contributed by atoms with Crippen LogP contribution in [0.15, 0.2) is 21.7 Å². The maximum atomic E-state index is 12.4. The molecule has 0 unspecified atom stereocenters. The first kappa shape index (κ1) is 13.3. The Balaban J connectivity index is 2.68. The summed E-state index contributed by atoms with van der Waals surface area (Å²) in [6, 6.07) is 2.90. The van der Waals surface area contributed by atoms with Gasteiger partial charge in [-0.1, -0.05) is 25.4 Å². The van der Waals surface area contributed by atoms with Crippen LogP contribution in [0, 0.1) is 0 Å². The Morgan fingerprint density at radius 3 is 2.44 bits per heavy atom. The molecule has 1 heterocycles. The van der Waals surface area contributed by atoms with Crippen LogP contribution in [0.4, 0.5) is 0 Å². The number of nitrogens with zero attached hydrogens (tertiary/aromatic N) is 3. The minimum absolute atomic E-state index is 0.0619. The zero-order valence-electron chi connectivity index (χ0n) is 9.92. The van der Waals surface area contributed by atoms with E-state index in [1.54, 1.807) is 13.8 Å². The second-order valence-electron chi connectivity index (χ2n) is 3.60. The van der Waals surface area contributed by atoms with Crippen molar-refractivity contribution in [1.82, 2.24) is 14.6 Å². The molecule has 2 rings (SSSR count). The van der Waals surface area contributed by atoms with E-state index in [-0.39, 0.29) is 15.9 Å². The van der Waals surface area contributed by atoms with E-state index >= 15 is 0 Å². The Labute approximate surface area is 110 Å². The molecule has 0 amide bonds. The molecule has 6 nitrogen and oxygen atoms in total. The van der Waals surface area contributed by atoms with Gasteiger partial charge in [0.15, 0.2) is 11.0 Å². The second-order valence-corrected chi connectivity index (χ2v) is 5.91. The molecule has 8 heteroatoms. The van der Waals surface area contributed by atoms with Gasteiger partial charge in [-0.25, -0.2) is 13.0 Å². The van der Waals surface area contributed by atoms with Gasteiger partial charge >= 0.3 is 0 Å². The molecule has 0 radical (unpaired) electrons. The summed E-state index contributed by atoms with van der Waals surface area (Å²) in [4.78, 5) is 0.0619. The number of halogens is 1. The van der Waals surface area contributed by atoms with Crippen molar-refractivity contribution in [2.24, 2.45) is 0 Å². The van der Waals surface area contributed by atoms with Gasteiger partial charge in [0.2, 0.25) is 10.0 Å². The van der Waals surface area contributed by atoms with Gasteiger partial charge < -0.3 is 0 Å². The van der Waals surface area contributed by atoms with Crippen LogP contribution in [0.5, 0.6) is 0 Å². The third-order valence-electron chi connectivity index (χ3n) is 2.65. The van der Waals surface area contributed by atoms with Crippen molar-refractivity contribution in [3.8, 4) is 0 Å². The highest BCUT2D eigenvalue weighted by atomic mass is 35.5. The lowest BCUT2D eigenvalue weighted by Crippen LogP contribution is -2.30. The smallest absolute Gasteiger partial charge is 0.243 e. The van der Waals surface area contributed by atoms with Gasteiger partial charge in [0, 0.05) is 13.1 Å².